The third-order valence-corrected chi connectivity index (χ3v) is 4.82. The van der Waals surface area contributed by atoms with Crippen LogP contribution in [0.5, 0.6) is 0 Å². The molecule has 0 atom stereocenters. The van der Waals surface area contributed by atoms with Gasteiger partial charge in [-0.1, -0.05) is 24.3 Å². The quantitative estimate of drug-likeness (QED) is 0.435. The van der Waals surface area contributed by atoms with Gasteiger partial charge in [0.05, 0.1) is 22.3 Å². The third kappa shape index (κ3) is 6.30. The molecule has 0 saturated carbocycles. The van der Waals surface area contributed by atoms with Gasteiger partial charge in [0, 0.05) is 0 Å². The Morgan fingerprint density at radius 1 is 0.643 bits per heavy atom. The van der Waals surface area contributed by atoms with Gasteiger partial charge in [0.2, 0.25) is 0 Å². The van der Waals surface area contributed by atoms with Crippen molar-refractivity contribution in [3.8, 4) is 0 Å². The van der Waals surface area contributed by atoms with E-state index in [1.807, 2.05) is 0 Å². The van der Waals surface area contributed by atoms with Crippen molar-refractivity contribution in [3.05, 3.63) is 28.3 Å². The maximum atomic E-state index is 13.1. The van der Waals surface area contributed by atoms with Crippen molar-refractivity contribution < 1.29 is 69.9 Å². The van der Waals surface area contributed by atoms with E-state index in [1.165, 1.54) is 0 Å². The van der Waals surface area contributed by atoms with Crippen LogP contribution in [0.3, 0.4) is 0 Å². The summed E-state index contributed by atoms with van der Waals surface area (Å²) < 4.78 is 156. The molecule has 0 saturated heterocycles. The number of rotatable bonds is 1. The van der Waals surface area contributed by atoms with Crippen LogP contribution in [0, 0.1) is 0 Å². The molecule has 28 heavy (non-hydrogen) atoms. The summed E-state index contributed by atoms with van der Waals surface area (Å²) in [6.07, 6.45) is -25.1. The van der Waals surface area contributed by atoms with Crippen LogP contribution in [-0.2, 0) is 24.7 Å². The minimum absolute atomic E-state index is 0. The maximum Gasteiger partial charge on any atom is 2.00 e. The predicted molar refractivity (Wildman–Crippen MR) is 69.3 cm³/mol. The molecular formula is C12H7ClF12MgOSi. The van der Waals surface area contributed by atoms with Crippen LogP contribution in [0.2, 0.25) is 13.1 Å². The number of alkyl halides is 12. The summed E-state index contributed by atoms with van der Waals surface area (Å²) in [4.78, 5) is 11.9. The fourth-order valence-electron chi connectivity index (χ4n) is 2.25. The zero-order valence-corrected chi connectivity index (χ0v) is 16.8. The van der Waals surface area contributed by atoms with Crippen molar-refractivity contribution in [1.82, 2.24) is 0 Å². The van der Waals surface area contributed by atoms with E-state index >= 15 is 0 Å². The van der Waals surface area contributed by atoms with E-state index in [9.17, 15) is 57.5 Å². The van der Waals surface area contributed by atoms with E-state index in [4.69, 9.17) is 0 Å². The molecule has 0 spiro atoms. The van der Waals surface area contributed by atoms with E-state index in [-0.39, 0.29) is 35.5 Å². The molecule has 0 aliphatic carbocycles. The molecule has 0 N–H and O–H groups in total. The zero-order valence-electron chi connectivity index (χ0n) is 13.6. The summed E-state index contributed by atoms with van der Waals surface area (Å²) in [6, 6.07) is -0.764. The van der Waals surface area contributed by atoms with Gasteiger partial charge in [-0.3, -0.25) is 0 Å². The second-order valence-electron chi connectivity index (χ2n) is 5.60. The fourth-order valence-corrected chi connectivity index (χ4v) is 3.61. The van der Waals surface area contributed by atoms with Gasteiger partial charge in [-0.25, -0.2) is 0 Å². The first-order valence-electron chi connectivity index (χ1n) is 6.30. The summed E-state index contributed by atoms with van der Waals surface area (Å²) in [6.45, 7) is 0.871. The van der Waals surface area contributed by atoms with Crippen molar-refractivity contribution in [3.63, 3.8) is 0 Å². The summed E-state index contributed by atoms with van der Waals surface area (Å²) in [7, 11) is -4.83. The van der Waals surface area contributed by atoms with Gasteiger partial charge in [0.25, 0.3) is 0 Å². The Morgan fingerprint density at radius 2 is 0.964 bits per heavy atom. The van der Waals surface area contributed by atoms with E-state index < -0.39 is 66.5 Å². The largest absolute Gasteiger partial charge is 2.00 e. The van der Waals surface area contributed by atoms with Gasteiger partial charge in [0.1, 0.15) is 0 Å². The topological polar surface area (TPSA) is 23.1 Å². The minimum atomic E-state index is -6.45. The molecule has 0 aromatic heterocycles. The average molecular weight is 483 g/mol. The Bertz CT molecular complexity index is 649. The van der Waals surface area contributed by atoms with Crippen LogP contribution in [0.1, 0.15) is 22.3 Å². The van der Waals surface area contributed by atoms with Gasteiger partial charge in [-0.2, -0.15) is 52.7 Å². The molecule has 0 heterocycles. The van der Waals surface area contributed by atoms with Crippen molar-refractivity contribution in [2.45, 2.75) is 37.8 Å². The molecule has 1 nitrogen and oxygen atoms in total. The predicted octanol–water partition coefficient (Wildman–Crippen LogP) is 1.16. The molecule has 1 aromatic rings. The Hall–Kier alpha value is -0.387. The summed E-state index contributed by atoms with van der Waals surface area (Å²) in [5.41, 5.74) is -13.1. The Balaban J connectivity index is 0. The zero-order chi connectivity index (χ0) is 21.1. The van der Waals surface area contributed by atoms with Crippen LogP contribution >= 0.6 is 0 Å². The first-order valence-corrected chi connectivity index (χ1v) is 9.21. The molecule has 16 heteroatoms. The first kappa shape index (κ1) is 29.8. The third-order valence-electron chi connectivity index (χ3n) is 3.13. The SMILES string of the molecule is C[Si](C)([O-])c1cc(C(F)(F)F)c(C(F)(F)F)c(C(F)(F)F)c1C(F)(F)F.[Cl-].[Mg+2]. The van der Waals surface area contributed by atoms with Gasteiger partial charge in [-0.15, -0.1) is 0 Å². The van der Waals surface area contributed by atoms with Crippen LogP contribution in [-0.4, -0.2) is 31.4 Å². The van der Waals surface area contributed by atoms with E-state index in [1.54, 1.807) is 0 Å². The normalized spacial score (nSPS) is 13.7. The van der Waals surface area contributed by atoms with E-state index in [2.05, 4.69) is 0 Å². The van der Waals surface area contributed by atoms with Crippen LogP contribution in [0.4, 0.5) is 52.7 Å². The standard InChI is InChI=1S/C12H7F12OSi.ClH.Mg/c1-26(2,25)5-3-4(9(13,14)15)6(10(16,17)18)8(12(22,23)24)7(5)11(19,20)21;;/h3H,1-2H3;1H;/q-1;;+2/p-1. The molecular weight excluding hydrogens is 476 g/mol. The number of halogens is 13. The minimum Gasteiger partial charge on any atom is -1.00 e. The smallest absolute Gasteiger partial charge is 1.00 e. The number of benzene rings is 1. The second-order valence-corrected chi connectivity index (χ2v) is 9.16. The van der Waals surface area contributed by atoms with Gasteiger partial charge < -0.3 is 17.2 Å². The molecule has 158 valence electrons. The molecule has 0 aliphatic heterocycles. The van der Waals surface area contributed by atoms with Crippen LogP contribution in [0.15, 0.2) is 6.07 Å². The summed E-state index contributed by atoms with van der Waals surface area (Å²) in [5, 5.41) is -1.96. The van der Waals surface area contributed by atoms with Crippen molar-refractivity contribution in [2.75, 3.05) is 0 Å². The summed E-state index contributed by atoms with van der Waals surface area (Å²) >= 11 is 0. The van der Waals surface area contributed by atoms with Gasteiger partial charge in [0.15, 0.2) is 0 Å². The number of hydrogen-bond donors (Lipinski definition) is 0. The Morgan fingerprint density at radius 3 is 1.18 bits per heavy atom. The van der Waals surface area contributed by atoms with Crippen LogP contribution in [0.25, 0.3) is 0 Å². The van der Waals surface area contributed by atoms with Crippen molar-refractivity contribution in [1.29, 1.82) is 0 Å². The van der Waals surface area contributed by atoms with Crippen LogP contribution < -0.4 is 22.4 Å². The molecule has 0 radical (unpaired) electrons. The maximum absolute atomic E-state index is 13.1. The molecule has 0 fully saturated rings. The molecule has 0 aliphatic rings. The molecule has 1 aromatic carbocycles. The molecule has 1 rings (SSSR count). The van der Waals surface area contributed by atoms with E-state index in [0.29, 0.717) is 13.1 Å². The van der Waals surface area contributed by atoms with Gasteiger partial charge in [-0.05, 0) is 8.32 Å². The molecule has 0 unspecified atom stereocenters. The number of hydrogen-bond acceptors (Lipinski definition) is 1. The Labute approximate surface area is 172 Å². The van der Waals surface area contributed by atoms with Crippen molar-refractivity contribution in [2.24, 2.45) is 0 Å². The fraction of sp³-hybridized carbons (Fsp3) is 0.500. The van der Waals surface area contributed by atoms with E-state index in [0.717, 1.165) is 0 Å². The summed E-state index contributed by atoms with van der Waals surface area (Å²) in [5.74, 6) is 0. The molecule has 0 bridgehead atoms. The van der Waals surface area contributed by atoms with Gasteiger partial charge >= 0.3 is 47.8 Å². The monoisotopic (exact) mass is 482 g/mol. The Kier molecular flexibility index (Phi) is 8.93. The van der Waals surface area contributed by atoms with Crippen molar-refractivity contribution >= 4 is 36.6 Å². The molecule has 0 amide bonds. The second kappa shape index (κ2) is 8.39. The first-order chi connectivity index (χ1) is 11.1. The average Bonchev–Trinajstić information content (AvgIpc) is 2.30.